The van der Waals surface area contributed by atoms with Crippen molar-refractivity contribution >= 4 is 39.2 Å². The van der Waals surface area contributed by atoms with Gasteiger partial charge in [0.05, 0.1) is 9.72 Å². The molecular weight excluding hydrogens is 322 g/mol. The Kier molecular flexibility index (Phi) is 5.97. The fraction of sp³-hybridized carbons (Fsp3) is 0.533. The molecule has 120 valence electrons. The molecule has 2 rings (SSSR count). The Morgan fingerprint density at radius 1 is 1.41 bits per heavy atom. The number of hydrogen-bond acceptors (Lipinski definition) is 3. The highest BCUT2D eigenvalue weighted by atomic mass is 35.5. The number of aryl methyl sites for hydroxylation is 1. The predicted octanol–water partition coefficient (Wildman–Crippen LogP) is 4.47. The molecule has 1 amide bonds. The zero-order chi connectivity index (χ0) is 16.1. The van der Waals surface area contributed by atoms with Crippen LogP contribution in [0.3, 0.4) is 0 Å². The van der Waals surface area contributed by atoms with E-state index >= 15 is 0 Å². The average Bonchev–Trinajstić information content (AvgIpc) is 2.83. The van der Waals surface area contributed by atoms with E-state index in [-0.39, 0.29) is 0 Å². The normalized spacial score (nSPS) is 12.2. The first-order chi connectivity index (χ1) is 10.6. The summed E-state index contributed by atoms with van der Waals surface area (Å²) in [6.45, 7) is 4.95. The van der Waals surface area contributed by atoms with Gasteiger partial charge in [-0.1, -0.05) is 38.3 Å². The van der Waals surface area contributed by atoms with Crippen molar-refractivity contribution in [3.8, 4) is 0 Å². The van der Waals surface area contributed by atoms with Crippen molar-refractivity contribution in [2.75, 3.05) is 0 Å². The fourth-order valence-electron chi connectivity index (χ4n) is 2.33. The quantitative estimate of drug-likeness (QED) is 0.842. The monoisotopic (exact) mass is 341 g/mol. The van der Waals surface area contributed by atoms with Gasteiger partial charge in [-0.2, -0.15) is 4.99 Å². The molecular formula is C15H20ClN3O2S. The van der Waals surface area contributed by atoms with Gasteiger partial charge in [0, 0.05) is 13.0 Å². The van der Waals surface area contributed by atoms with Gasteiger partial charge in [-0.3, -0.25) is 0 Å². The van der Waals surface area contributed by atoms with Gasteiger partial charge in [-0.25, -0.2) is 9.78 Å². The molecule has 0 saturated heterocycles. The molecule has 0 unspecified atom stereocenters. The number of amides is 1. The molecule has 0 aliphatic heterocycles. The van der Waals surface area contributed by atoms with Gasteiger partial charge in [-0.05, 0) is 18.9 Å². The van der Waals surface area contributed by atoms with Crippen molar-refractivity contribution < 1.29 is 9.90 Å². The number of thiophene rings is 1. The zero-order valence-corrected chi connectivity index (χ0v) is 14.4. The molecule has 0 radical (unpaired) electrons. The van der Waals surface area contributed by atoms with Gasteiger partial charge in [-0.15, -0.1) is 11.3 Å². The summed E-state index contributed by atoms with van der Waals surface area (Å²) in [4.78, 5) is 20.4. The molecule has 2 aromatic heterocycles. The lowest BCUT2D eigenvalue weighted by Gasteiger charge is -2.13. The molecule has 0 fully saturated rings. The van der Waals surface area contributed by atoms with Crippen LogP contribution >= 0.6 is 22.9 Å². The lowest BCUT2D eigenvalue weighted by Crippen LogP contribution is -2.27. The van der Waals surface area contributed by atoms with Crippen LogP contribution in [0, 0.1) is 0 Å². The summed E-state index contributed by atoms with van der Waals surface area (Å²) >= 11 is 7.45. The van der Waals surface area contributed by atoms with Crippen LogP contribution in [-0.2, 0) is 13.0 Å². The summed E-state index contributed by atoms with van der Waals surface area (Å²) < 4.78 is 2.54. The second-order valence-electron chi connectivity index (χ2n) is 5.12. The molecule has 0 saturated carbocycles. The van der Waals surface area contributed by atoms with E-state index in [1.54, 1.807) is 6.07 Å². The molecule has 0 aliphatic rings. The van der Waals surface area contributed by atoms with E-state index in [2.05, 4.69) is 18.8 Å². The number of fused-ring (bicyclic) bond motifs is 1. The standard InChI is InChI=1S/C15H20ClN3O2S/c1-3-5-7-12-17-14-10(9-11(16)22-14)13(18-15(20)21)19(12)8-6-4-2/h9H,3-8H2,1-2H3,(H,20,21)/b18-13+. The van der Waals surface area contributed by atoms with Gasteiger partial charge in [0.15, 0.2) is 5.49 Å². The largest absolute Gasteiger partial charge is 0.463 e. The third-order valence-electron chi connectivity index (χ3n) is 3.41. The van der Waals surface area contributed by atoms with E-state index in [0.29, 0.717) is 15.2 Å². The summed E-state index contributed by atoms with van der Waals surface area (Å²) in [5, 5.41) is 9.84. The van der Waals surface area contributed by atoms with Crippen LogP contribution in [-0.4, -0.2) is 20.8 Å². The van der Waals surface area contributed by atoms with Gasteiger partial charge >= 0.3 is 6.09 Å². The molecule has 0 spiro atoms. The molecule has 0 aliphatic carbocycles. The van der Waals surface area contributed by atoms with Crippen LogP contribution in [0.25, 0.3) is 10.2 Å². The van der Waals surface area contributed by atoms with Crippen LogP contribution in [0.5, 0.6) is 0 Å². The Morgan fingerprint density at radius 2 is 2.14 bits per heavy atom. The Bertz CT molecular complexity index is 736. The molecule has 5 nitrogen and oxygen atoms in total. The molecule has 22 heavy (non-hydrogen) atoms. The number of aromatic nitrogens is 2. The van der Waals surface area contributed by atoms with Crippen LogP contribution in [0.2, 0.25) is 4.34 Å². The lowest BCUT2D eigenvalue weighted by molar-refractivity contribution is 0.204. The molecule has 0 aromatic carbocycles. The third-order valence-corrected chi connectivity index (χ3v) is 4.57. The number of hydrogen-bond donors (Lipinski definition) is 1. The minimum absolute atomic E-state index is 0.459. The maximum Gasteiger partial charge on any atom is 0.433 e. The van der Waals surface area contributed by atoms with Crippen LogP contribution in [0.4, 0.5) is 4.79 Å². The second-order valence-corrected chi connectivity index (χ2v) is 6.79. The Morgan fingerprint density at radius 3 is 2.77 bits per heavy atom. The summed E-state index contributed by atoms with van der Waals surface area (Å²) in [5.41, 5.74) is 0.459. The first-order valence-corrected chi connectivity index (χ1v) is 8.72. The summed E-state index contributed by atoms with van der Waals surface area (Å²) in [6, 6.07) is 1.75. The molecule has 7 heteroatoms. The molecule has 2 heterocycles. The van der Waals surface area contributed by atoms with Crippen molar-refractivity contribution in [3.63, 3.8) is 0 Å². The van der Waals surface area contributed by atoms with E-state index in [4.69, 9.17) is 21.7 Å². The molecule has 2 aromatic rings. The van der Waals surface area contributed by atoms with Crippen molar-refractivity contribution in [1.82, 2.24) is 9.55 Å². The maximum atomic E-state index is 11.1. The topological polar surface area (TPSA) is 67.5 Å². The molecule has 1 N–H and O–H groups in total. The van der Waals surface area contributed by atoms with E-state index in [0.717, 1.165) is 49.3 Å². The minimum atomic E-state index is -1.19. The van der Waals surface area contributed by atoms with Crippen molar-refractivity contribution in [2.45, 2.75) is 52.5 Å². The highest BCUT2D eigenvalue weighted by molar-refractivity contribution is 7.22. The van der Waals surface area contributed by atoms with E-state index in [1.165, 1.54) is 11.3 Å². The Balaban J connectivity index is 2.71. The molecule has 0 bridgehead atoms. The predicted molar refractivity (Wildman–Crippen MR) is 89.7 cm³/mol. The van der Waals surface area contributed by atoms with Gasteiger partial charge in [0.1, 0.15) is 10.7 Å². The smallest absolute Gasteiger partial charge is 0.433 e. The first kappa shape index (κ1) is 17.0. The number of rotatable bonds is 6. The summed E-state index contributed by atoms with van der Waals surface area (Å²) in [5.74, 6) is 0.890. The number of unbranched alkanes of at least 4 members (excludes halogenated alkanes) is 2. The number of carbonyl (C=O) groups is 1. The Labute approximate surface area is 138 Å². The van der Waals surface area contributed by atoms with Crippen molar-refractivity contribution in [3.05, 3.63) is 21.7 Å². The fourth-order valence-corrected chi connectivity index (χ4v) is 3.43. The number of carboxylic acid groups (broad SMARTS) is 1. The summed E-state index contributed by atoms with van der Waals surface area (Å²) in [7, 11) is 0. The lowest BCUT2D eigenvalue weighted by atomic mass is 10.2. The zero-order valence-electron chi connectivity index (χ0n) is 12.8. The summed E-state index contributed by atoms with van der Waals surface area (Å²) in [6.07, 6.45) is 3.67. The third kappa shape index (κ3) is 3.87. The maximum absolute atomic E-state index is 11.1. The van der Waals surface area contributed by atoms with E-state index in [1.807, 2.05) is 4.57 Å². The highest BCUT2D eigenvalue weighted by Crippen LogP contribution is 2.26. The SMILES string of the molecule is CCCCc1nc2sc(Cl)cc2/c(=N\C(=O)O)n1CCCC. The van der Waals surface area contributed by atoms with Crippen LogP contribution in [0.1, 0.15) is 45.4 Å². The van der Waals surface area contributed by atoms with Crippen molar-refractivity contribution in [2.24, 2.45) is 4.99 Å². The van der Waals surface area contributed by atoms with Crippen LogP contribution < -0.4 is 5.49 Å². The average molecular weight is 342 g/mol. The van der Waals surface area contributed by atoms with Gasteiger partial charge in [0.25, 0.3) is 0 Å². The molecule has 0 atom stereocenters. The second kappa shape index (κ2) is 7.74. The minimum Gasteiger partial charge on any atom is -0.463 e. The Hall–Kier alpha value is -1.40. The number of halogens is 1. The van der Waals surface area contributed by atoms with Crippen molar-refractivity contribution in [1.29, 1.82) is 0 Å². The van der Waals surface area contributed by atoms with Crippen LogP contribution in [0.15, 0.2) is 11.1 Å². The van der Waals surface area contributed by atoms with E-state index in [9.17, 15) is 4.79 Å². The van der Waals surface area contributed by atoms with Gasteiger partial charge < -0.3 is 9.67 Å². The van der Waals surface area contributed by atoms with E-state index < -0.39 is 6.09 Å². The van der Waals surface area contributed by atoms with Gasteiger partial charge in [0.2, 0.25) is 0 Å². The first-order valence-electron chi connectivity index (χ1n) is 7.53. The number of nitrogens with zero attached hydrogens (tertiary/aromatic N) is 3. The highest BCUT2D eigenvalue weighted by Gasteiger charge is 2.13.